The number of amides is 2. The summed E-state index contributed by atoms with van der Waals surface area (Å²) in [7, 11) is 1.42. The predicted molar refractivity (Wildman–Crippen MR) is 105 cm³/mol. The van der Waals surface area contributed by atoms with Crippen LogP contribution >= 0.6 is 0 Å². The molecule has 0 saturated carbocycles. The molecular formula is C20H23N3O8. The van der Waals surface area contributed by atoms with Gasteiger partial charge >= 0.3 is 12.1 Å². The predicted octanol–water partition coefficient (Wildman–Crippen LogP) is 1.43. The number of hydrogen-bond acceptors (Lipinski definition) is 8. The van der Waals surface area contributed by atoms with Crippen molar-refractivity contribution in [2.75, 3.05) is 7.05 Å². The lowest BCUT2D eigenvalue weighted by atomic mass is 9.95. The molecular weight excluding hydrogens is 410 g/mol. The van der Waals surface area contributed by atoms with Crippen LogP contribution in [0, 0.1) is 10.1 Å². The first-order valence-electron chi connectivity index (χ1n) is 9.61. The van der Waals surface area contributed by atoms with Crippen LogP contribution in [0.15, 0.2) is 24.3 Å². The minimum absolute atomic E-state index is 0.0686. The Morgan fingerprint density at radius 1 is 1.23 bits per heavy atom. The highest BCUT2D eigenvalue weighted by Crippen LogP contribution is 2.37. The Hall–Kier alpha value is -3.50. The van der Waals surface area contributed by atoms with E-state index in [1.807, 2.05) is 0 Å². The maximum atomic E-state index is 12.6. The lowest BCUT2D eigenvalue weighted by Gasteiger charge is -2.47. The molecule has 2 fully saturated rings. The molecule has 2 heterocycles. The van der Waals surface area contributed by atoms with Crippen LogP contribution in [0.1, 0.15) is 32.8 Å². The van der Waals surface area contributed by atoms with Crippen molar-refractivity contribution in [1.82, 2.24) is 9.80 Å². The van der Waals surface area contributed by atoms with Crippen LogP contribution in [0.5, 0.6) is 0 Å². The Balaban J connectivity index is 1.62. The molecule has 1 aromatic carbocycles. The van der Waals surface area contributed by atoms with Gasteiger partial charge in [0.15, 0.2) is 11.8 Å². The fourth-order valence-electron chi connectivity index (χ4n) is 3.62. The molecule has 2 aliphatic rings. The Morgan fingerprint density at radius 2 is 1.84 bits per heavy atom. The van der Waals surface area contributed by atoms with Gasteiger partial charge in [0, 0.05) is 25.6 Å². The van der Waals surface area contributed by atoms with Crippen LogP contribution in [0.4, 0.5) is 10.5 Å². The second-order valence-electron chi connectivity index (χ2n) is 8.45. The third-order valence-electron chi connectivity index (χ3n) is 5.07. The zero-order valence-corrected chi connectivity index (χ0v) is 17.6. The highest BCUT2D eigenvalue weighted by molar-refractivity contribution is 6.12. The maximum absolute atomic E-state index is 12.6. The normalized spacial score (nSPS) is 22.5. The Kier molecular flexibility index (Phi) is 5.70. The standard InChI is InChI=1S/C20H23N3O8/c1-20(2,3)31-19(27)21(4)15-13-9-14(24)16(22(13)17(15)25)18(26)30-10-11-5-7-12(8-6-11)23(28)29/h5-8,13,15-16H,9-10H2,1-4H3. The molecule has 0 bridgehead atoms. The fourth-order valence-corrected chi connectivity index (χ4v) is 3.62. The van der Waals surface area contributed by atoms with Crippen molar-refractivity contribution < 1.29 is 33.6 Å². The number of hydrogen-bond donors (Lipinski definition) is 0. The third kappa shape index (κ3) is 4.35. The summed E-state index contributed by atoms with van der Waals surface area (Å²) in [5, 5.41) is 10.7. The number of fused-ring (bicyclic) bond motifs is 1. The molecule has 2 aliphatic heterocycles. The molecule has 11 nitrogen and oxygen atoms in total. The van der Waals surface area contributed by atoms with Gasteiger partial charge in [-0.15, -0.1) is 0 Å². The van der Waals surface area contributed by atoms with E-state index in [9.17, 15) is 29.3 Å². The Bertz CT molecular complexity index is 937. The monoisotopic (exact) mass is 433 g/mol. The summed E-state index contributed by atoms with van der Waals surface area (Å²) >= 11 is 0. The third-order valence-corrected chi connectivity index (χ3v) is 5.07. The van der Waals surface area contributed by atoms with E-state index in [4.69, 9.17) is 9.47 Å². The molecule has 11 heteroatoms. The quantitative estimate of drug-likeness (QED) is 0.224. The second kappa shape index (κ2) is 7.97. The van der Waals surface area contributed by atoms with E-state index in [1.165, 1.54) is 31.3 Å². The molecule has 3 unspecified atom stereocenters. The van der Waals surface area contributed by atoms with Gasteiger partial charge < -0.3 is 14.4 Å². The topological polar surface area (TPSA) is 136 Å². The van der Waals surface area contributed by atoms with E-state index >= 15 is 0 Å². The van der Waals surface area contributed by atoms with Gasteiger partial charge in [0.2, 0.25) is 5.91 Å². The zero-order valence-electron chi connectivity index (χ0n) is 17.6. The molecule has 1 aromatic rings. The van der Waals surface area contributed by atoms with Crippen molar-refractivity contribution in [2.45, 2.75) is 57.5 Å². The molecule has 166 valence electrons. The average Bonchev–Trinajstić information content (AvgIpc) is 2.97. The summed E-state index contributed by atoms with van der Waals surface area (Å²) in [6.45, 7) is 4.89. The van der Waals surface area contributed by atoms with Gasteiger partial charge in [-0.3, -0.25) is 24.6 Å². The summed E-state index contributed by atoms with van der Waals surface area (Å²) in [5.74, 6) is -1.87. The van der Waals surface area contributed by atoms with Gasteiger partial charge in [-0.1, -0.05) is 0 Å². The first kappa shape index (κ1) is 22.2. The zero-order chi connectivity index (χ0) is 23.1. The molecule has 3 atom stereocenters. The van der Waals surface area contributed by atoms with E-state index in [1.54, 1.807) is 20.8 Å². The summed E-state index contributed by atoms with van der Waals surface area (Å²) in [4.78, 5) is 62.2. The van der Waals surface area contributed by atoms with Crippen LogP contribution in [-0.2, 0) is 30.5 Å². The van der Waals surface area contributed by atoms with E-state index < -0.39 is 52.4 Å². The minimum Gasteiger partial charge on any atom is -0.459 e. The number of rotatable bonds is 5. The van der Waals surface area contributed by atoms with E-state index in [0.717, 1.165) is 9.80 Å². The molecule has 31 heavy (non-hydrogen) atoms. The van der Waals surface area contributed by atoms with Gasteiger partial charge in [-0.05, 0) is 38.5 Å². The van der Waals surface area contributed by atoms with Crippen molar-refractivity contribution in [3.8, 4) is 0 Å². The number of β-lactam (4-membered cyclic amide) rings is 1. The molecule has 3 rings (SSSR count). The molecule has 0 spiro atoms. The molecule has 0 N–H and O–H groups in total. The van der Waals surface area contributed by atoms with Crippen molar-refractivity contribution in [2.24, 2.45) is 0 Å². The summed E-state index contributed by atoms with van der Waals surface area (Å²) < 4.78 is 10.4. The first-order chi connectivity index (χ1) is 14.4. The number of carbonyl (C=O) groups excluding carboxylic acids is 4. The van der Waals surface area contributed by atoms with E-state index in [-0.39, 0.29) is 18.7 Å². The van der Waals surface area contributed by atoms with Crippen LogP contribution in [0.3, 0.4) is 0 Å². The average molecular weight is 433 g/mol. The van der Waals surface area contributed by atoms with Gasteiger partial charge in [0.05, 0.1) is 11.0 Å². The van der Waals surface area contributed by atoms with E-state index in [2.05, 4.69) is 0 Å². The van der Waals surface area contributed by atoms with Crippen LogP contribution in [0.25, 0.3) is 0 Å². The smallest absolute Gasteiger partial charge is 0.410 e. The number of nitro benzene ring substituents is 1. The summed E-state index contributed by atoms with van der Waals surface area (Å²) in [6, 6.07) is 2.56. The Labute approximate surface area is 178 Å². The molecule has 0 aliphatic carbocycles. The maximum Gasteiger partial charge on any atom is 0.410 e. The van der Waals surface area contributed by atoms with Crippen molar-refractivity contribution >= 4 is 29.4 Å². The lowest BCUT2D eigenvalue weighted by molar-refractivity contribution is -0.384. The first-order valence-corrected chi connectivity index (χ1v) is 9.61. The number of ketones is 1. The number of esters is 1. The van der Waals surface area contributed by atoms with Gasteiger partial charge in [-0.25, -0.2) is 9.59 Å². The number of nitrogens with zero attached hydrogens (tertiary/aromatic N) is 3. The highest BCUT2D eigenvalue weighted by atomic mass is 16.6. The lowest BCUT2D eigenvalue weighted by Crippen LogP contribution is -2.71. The van der Waals surface area contributed by atoms with E-state index in [0.29, 0.717) is 5.56 Å². The Morgan fingerprint density at radius 3 is 2.39 bits per heavy atom. The SMILES string of the molecule is CN(C(=O)OC(C)(C)C)C1C(=O)N2C(C(=O)OCc3ccc([N+](=O)[O-])cc3)C(=O)CC12. The number of nitro groups is 1. The van der Waals surface area contributed by atoms with Gasteiger partial charge in [0.25, 0.3) is 5.69 Å². The van der Waals surface area contributed by atoms with Gasteiger partial charge in [-0.2, -0.15) is 0 Å². The second-order valence-corrected chi connectivity index (χ2v) is 8.45. The number of carbonyl (C=O) groups is 4. The van der Waals surface area contributed by atoms with Crippen LogP contribution in [0.2, 0.25) is 0 Å². The van der Waals surface area contributed by atoms with Crippen LogP contribution < -0.4 is 0 Å². The summed E-state index contributed by atoms with van der Waals surface area (Å²) in [5.41, 5.74) is -0.346. The molecule has 2 saturated heterocycles. The molecule has 0 aromatic heterocycles. The number of ether oxygens (including phenoxy) is 2. The highest BCUT2D eigenvalue weighted by Gasteiger charge is 2.62. The molecule has 2 amide bonds. The number of Topliss-reactive ketones (excluding diaryl/α,β-unsaturated/α-hetero) is 1. The number of likely N-dealkylation sites (N-methyl/N-ethyl adjacent to an activating group) is 1. The van der Waals surface area contributed by atoms with Crippen molar-refractivity contribution in [3.63, 3.8) is 0 Å². The summed E-state index contributed by atoms with van der Waals surface area (Å²) in [6.07, 6.45) is -0.761. The largest absolute Gasteiger partial charge is 0.459 e. The van der Waals surface area contributed by atoms with Crippen LogP contribution in [-0.4, -0.2) is 69.3 Å². The molecule has 0 radical (unpaired) electrons. The number of benzene rings is 1. The van der Waals surface area contributed by atoms with Gasteiger partial charge in [0.1, 0.15) is 18.2 Å². The van der Waals surface area contributed by atoms with Crippen molar-refractivity contribution in [1.29, 1.82) is 0 Å². The van der Waals surface area contributed by atoms with Crippen molar-refractivity contribution in [3.05, 3.63) is 39.9 Å². The number of non-ortho nitro benzene ring substituents is 1. The fraction of sp³-hybridized carbons (Fsp3) is 0.500. The minimum atomic E-state index is -1.36.